The lowest BCUT2D eigenvalue weighted by Gasteiger charge is -2.12. The Morgan fingerprint density at radius 1 is 1.53 bits per heavy atom. The average Bonchev–Trinajstić information content (AvgIpc) is 2.67. The number of nitrogens with zero attached hydrogens (tertiary/aromatic N) is 1. The van der Waals surface area contributed by atoms with Gasteiger partial charge in [0.2, 0.25) is 0 Å². The first-order valence-corrected chi connectivity index (χ1v) is 5.20. The van der Waals surface area contributed by atoms with Crippen molar-refractivity contribution in [2.75, 3.05) is 6.54 Å². The Balaban J connectivity index is 2.24. The zero-order valence-corrected chi connectivity index (χ0v) is 8.75. The first kappa shape index (κ1) is 10.2. The standard InChI is InChI=1S/C10H15N3O2/c1-7-5-13(10(15)12-9(7)14)6-8-3-2-4-11-8/h5,8,11H,2-4,6H2,1H3,(H,12,14,15)/t8-/m0/s1. The molecule has 2 rings (SSSR count). The molecule has 0 aliphatic carbocycles. The van der Waals surface area contributed by atoms with Gasteiger partial charge in [-0.25, -0.2) is 4.79 Å². The predicted molar refractivity (Wildman–Crippen MR) is 57.1 cm³/mol. The highest BCUT2D eigenvalue weighted by atomic mass is 16.2. The number of hydrogen-bond acceptors (Lipinski definition) is 3. The van der Waals surface area contributed by atoms with Crippen LogP contribution in [0.1, 0.15) is 18.4 Å². The zero-order valence-electron chi connectivity index (χ0n) is 8.75. The summed E-state index contributed by atoms with van der Waals surface area (Å²) in [7, 11) is 0. The highest BCUT2D eigenvalue weighted by Crippen LogP contribution is 2.05. The molecule has 0 amide bonds. The first-order valence-electron chi connectivity index (χ1n) is 5.20. The van der Waals surface area contributed by atoms with Gasteiger partial charge in [-0.1, -0.05) is 0 Å². The molecule has 15 heavy (non-hydrogen) atoms. The molecular formula is C10H15N3O2. The SMILES string of the molecule is Cc1cn(C[C@@H]2CCCN2)c(=O)[nH]c1=O. The van der Waals surface area contributed by atoms with Crippen LogP contribution < -0.4 is 16.6 Å². The van der Waals surface area contributed by atoms with Gasteiger partial charge in [0.05, 0.1) is 0 Å². The molecule has 82 valence electrons. The molecule has 0 aromatic carbocycles. The summed E-state index contributed by atoms with van der Waals surface area (Å²) in [4.78, 5) is 24.9. The van der Waals surface area contributed by atoms with E-state index in [0.717, 1.165) is 19.4 Å². The lowest BCUT2D eigenvalue weighted by molar-refractivity contribution is 0.491. The minimum Gasteiger partial charge on any atom is -0.312 e. The molecule has 5 nitrogen and oxygen atoms in total. The van der Waals surface area contributed by atoms with Crippen LogP contribution in [0, 0.1) is 6.92 Å². The maximum Gasteiger partial charge on any atom is 0.328 e. The number of aromatic nitrogens is 2. The number of nitrogens with one attached hydrogen (secondary N) is 2. The lowest BCUT2D eigenvalue weighted by atomic mass is 10.2. The maximum atomic E-state index is 11.5. The quantitative estimate of drug-likeness (QED) is 0.696. The van der Waals surface area contributed by atoms with E-state index in [0.29, 0.717) is 18.2 Å². The normalized spacial score (nSPS) is 20.7. The van der Waals surface area contributed by atoms with Gasteiger partial charge in [-0.15, -0.1) is 0 Å². The van der Waals surface area contributed by atoms with E-state index in [4.69, 9.17) is 0 Å². The van der Waals surface area contributed by atoms with E-state index >= 15 is 0 Å². The van der Waals surface area contributed by atoms with Crippen molar-refractivity contribution in [2.24, 2.45) is 0 Å². The van der Waals surface area contributed by atoms with Crippen molar-refractivity contribution >= 4 is 0 Å². The topological polar surface area (TPSA) is 66.9 Å². The van der Waals surface area contributed by atoms with Gasteiger partial charge >= 0.3 is 5.69 Å². The van der Waals surface area contributed by atoms with Gasteiger partial charge in [-0.05, 0) is 26.3 Å². The van der Waals surface area contributed by atoms with Crippen LogP contribution in [0.3, 0.4) is 0 Å². The summed E-state index contributed by atoms with van der Waals surface area (Å²) in [5.74, 6) is 0. The molecule has 1 aromatic heterocycles. The number of H-pyrrole nitrogens is 1. The smallest absolute Gasteiger partial charge is 0.312 e. The van der Waals surface area contributed by atoms with Gasteiger partial charge in [-0.2, -0.15) is 0 Å². The molecular weight excluding hydrogens is 194 g/mol. The van der Waals surface area contributed by atoms with Crippen molar-refractivity contribution in [1.82, 2.24) is 14.9 Å². The zero-order chi connectivity index (χ0) is 10.8. The number of aromatic amines is 1. The summed E-state index contributed by atoms with van der Waals surface area (Å²) in [6, 6.07) is 0.355. The van der Waals surface area contributed by atoms with E-state index < -0.39 is 0 Å². The molecule has 2 N–H and O–H groups in total. The third-order valence-corrected chi connectivity index (χ3v) is 2.77. The van der Waals surface area contributed by atoms with E-state index in [2.05, 4.69) is 10.3 Å². The largest absolute Gasteiger partial charge is 0.328 e. The van der Waals surface area contributed by atoms with Crippen LogP contribution in [0.25, 0.3) is 0 Å². The van der Waals surface area contributed by atoms with Crippen LogP contribution >= 0.6 is 0 Å². The van der Waals surface area contributed by atoms with E-state index in [9.17, 15) is 9.59 Å². The molecule has 1 aliphatic heterocycles. The predicted octanol–water partition coefficient (Wildman–Crippen LogP) is -0.403. The third kappa shape index (κ3) is 2.18. The molecule has 2 heterocycles. The van der Waals surface area contributed by atoms with Gasteiger partial charge in [0, 0.05) is 24.3 Å². The minimum absolute atomic E-state index is 0.296. The minimum atomic E-state index is -0.320. The second-order valence-electron chi connectivity index (χ2n) is 4.02. The van der Waals surface area contributed by atoms with Gasteiger partial charge in [0.1, 0.15) is 0 Å². The fourth-order valence-corrected chi connectivity index (χ4v) is 1.90. The van der Waals surface area contributed by atoms with Crippen LogP contribution in [0.15, 0.2) is 15.8 Å². The second-order valence-corrected chi connectivity index (χ2v) is 4.02. The molecule has 1 aliphatic rings. The van der Waals surface area contributed by atoms with E-state index in [1.807, 2.05) is 0 Å². The van der Waals surface area contributed by atoms with E-state index in [1.54, 1.807) is 17.7 Å². The van der Waals surface area contributed by atoms with Gasteiger partial charge in [-0.3, -0.25) is 14.3 Å². The Labute approximate surface area is 87.1 Å². The summed E-state index contributed by atoms with van der Waals surface area (Å²) < 4.78 is 1.57. The highest BCUT2D eigenvalue weighted by Gasteiger charge is 2.15. The highest BCUT2D eigenvalue weighted by molar-refractivity contribution is 5.01. The Kier molecular flexibility index (Phi) is 2.73. The lowest BCUT2D eigenvalue weighted by Crippen LogP contribution is -2.36. The summed E-state index contributed by atoms with van der Waals surface area (Å²) in [6.45, 7) is 3.36. The molecule has 0 unspecified atom stereocenters. The summed E-state index contributed by atoms with van der Waals surface area (Å²) in [5.41, 5.74) is -0.0393. The molecule has 1 aromatic rings. The Morgan fingerprint density at radius 3 is 3.00 bits per heavy atom. The summed E-state index contributed by atoms with van der Waals surface area (Å²) in [5, 5.41) is 3.31. The van der Waals surface area contributed by atoms with Crippen LogP contribution in [0.5, 0.6) is 0 Å². The van der Waals surface area contributed by atoms with Crippen molar-refractivity contribution in [3.63, 3.8) is 0 Å². The van der Waals surface area contributed by atoms with Crippen LogP contribution in [0.4, 0.5) is 0 Å². The monoisotopic (exact) mass is 209 g/mol. The van der Waals surface area contributed by atoms with Crippen LogP contribution in [0.2, 0.25) is 0 Å². The molecule has 1 saturated heterocycles. The van der Waals surface area contributed by atoms with E-state index in [1.165, 1.54) is 0 Å². The molecule has 1 atom stereocenters. The fourth-order valence-electron chi connectivity index (χ4n) is 1.90. The van der Waals surface area contributed by atoms with Crippen molar-refractivity contribution < 1.29 is 0 Å². The Morgan fingerprint density at radius 2 is 2.33 bits per heavy atom. The van der Waals surface area contributed by atoms with Crippen molar-refractivity contribution in [3.05, 3.63) is 32.6 Å². The number of aryl methyl sites for hydroxylation is 1. The third-order valence-electron chi connectivity index (χ3n) is 2.77. The molecule has 1 fully saturated rings. The number of hydrogen-bond donors (Lipinski definition) is 2. The second kappa shape index (κ2) is 4.02. The molecule has 5 heteroatoms. The number of rotatable bonds is 2. The Hall–Kier alpha value is -1.36. The molecule has 0 radical (unpaired) electrons. The summed E-state index contributed by atoms with van der Waals surface area (Å²) >= 11 is 0. The first-order chi connectivity index (χ1) is 7.16. The van der Waals surface area contributed by atoms with Gasteiger partial charge in [0.15, 0.2) is 0 Å². The molecule has 0 bridgehead atoms. The van der Waals surface area contributed by atoms with Gasteiger partial charge in [0.25, 0.3) is 5.56 Å². The van der Waals surface area contributed by atoms with Crippen molar-refractivity contribution in [3.8, 4) is 0 Å². The van der Waals surface area contributed by atoms with Crippen molar-refractivity contribution in [1.29, 1.82) is 0 Å². The van der Waals surface area contributed by atoms with Crippen LogP contribution in [-0.2, 0) is 6.54 Å². The average molecular weight is 209 g/mol. The Bertz CT molecular complexity index is 454. The van der Waals surface area contributed by atoms with Crippen molar-refractivity contribution in [2.45, 2.75) is 32.4 Å². The van der Waals surface area contributed by atoms with Crippen LogP contribution in [-0.4, -0.2) is 22.1 Å². The molecule has 0 saturated carbocycles. The van der Waals surface area contributed by atoms with Gasteiger partial charge < -0.3 is 5.32 Å². The fraction of sp³-hybridized carbons (Fsp3) is 0.600. The summed E-state index contributed by atoms with van der Waals surface area (Å²) in [6.07, 6.45) is 3.87. The molecule has 0 spiro atoms. The maximum absolute atomic E-state index is 11.5. The van der Waals surface area contributed by atoms with E-state index in [-0.39, 0.29) is 11.2 Å².